The number of amides is 1. The minimum atomic E-state index is -4.44. The first kappa shape index (κ1) is 32.6. The van der Waals surface area contributed by atoms with E-state index in [1.54, 1.807) is 18.2 Å². The number of hydrogen-bond donors (Lipinski definition) is 2. The molecule has 1 amide bonds. The highest BCUT2D eigenvalue weighted by molar-refractivity contribution is 8.00. The molecule has 1 aliphatic heterocycles. The monoisotopic (exact) mass is 660 g/mol. The van der Waals surface area contributed by atoms with Crippen molar-refractivity contribution < 1.29 is 18.0 Å². The van der Waals surface area contributed by atoms with Crippen LogP contribution >= 0.6 is 35.3 Å². The Morgan fingerprint density at radius 2 is 1.68 bits per heavy atom. The normalized spacial score (nSPS) is 17.5. The lowest BCUT2D eigenvalue weighted by atomic mass is 9.73. The number of anilines is 2. The summed E-state index contributed by atoms with van der Waals surface area (Å²) in [6.45, 7) is 9.37. The average Bonchev–Trinajstić information content (AvgIpc) is 2.97. The van der Waals surface area contributed by atoms with Crippen LogP contribution in [0.3, 0.4) is 0 Å². The van der Waals surface area contributed by atoms with Crippen LogP contribution < -0.4 is 15.4 Å². The SMILES string of the molecule is CC1(C)CCC(c2ccc(Cl)cc2)=C(CN2CCN(c3ccc(C(=O)NSc4ccc(N)c(SC(F)(F)F)c4)cc3)CC2)C1. The second kappa shape index (κ2) is 13.7. The number of thioether (sulfide) groups is 1. The molecule has 1 heterocycles. The molecule has 1 aliphatic carbocycles. The van der Waals surface area contributed by atoms with Gasteiger partial charge >= 0.3 is 5.51 Å². The number of nitrogens with one attached hydrogen (secondary N) is 1. The number of nitrogens with zero attached hydrogens (tertiary/aromatic N) is 2. The number of nitrogen functional groups attached to an aromatic ring is 1. The van der Waals surface area contributed by atoms with Gasteiger partial charge in [-0.1, -0.05) is 43.2 Å². The maximum absolute atomic E-state index is 12.8. The molecule has 0 saturated carbocycles. The second-order valence-corrected chi connectivity index (χ2v) is 14.4. The van der Waals surface area contributed by atoms with E-state index in [0.717, 1.165) is 68.2 Å². The van der Waals surface area contributed by atoms with Gasteiger partial charge in [0.2, 0.25) is 0 Å². The van der Waals surface area contributed by atoms with Crippen LogP contribution in [0.2, 0.25) is 5.02 Å². The Labute approximate surface area is 270 Å². The van der Waals surface area contributed by atoms with Gasteiger partial charge in [0.25, 0.3) is 5.91 Å². The van der Waals surface area contributed by atoms with Crippen molar-refractivity contribution in [2.75, 3.05) is 43.4 Å². The van der Waals surface area contributed by atoms with E-state index in [1.165, 1.54) is 35.3 Å². The molecule has 3 N–H and O–H groups in total. The van der Waals surface area contributed by atoms with Gasteiger partial charge < -0.3 is 10.6 Å². The molecule has 0 aromatic heterocycles. The number of nitrogens with two attached hydrogens (primary N) is 1. The molecule has 5 rings (SSSR count). The molecular weight excluding hydrogens is 625 g/mol. The number of piperazine rings is 1. The van der Waals surface area contributed by atoms with Crippen molar-refractivity contribution in [3.63, 3.8) is 0 Å². The molecule has 0 atom stereocenters. The maximum Gasteiger partial charge on any atom is 0.446 e. The number of hydrogen-bond acceptors (Lipinski definition) is 6. The first-order valence-electron chi connectivity index (χ1n) is 14.5. The Balaban J connectivity index is 1.15. The van der Waals surface area contributed by atoms with Gasteiger partial charge in [0.15, 0.2) is 0 Å². The highest BCUT2D eigenvalue weighted by Gasteiger charge is 2.31. The van der Waals surface area contributed by atoms with Gasteiger partial charge in [-0.2, -0.15) is 13.2 Å². The molecule has 0 spiro atoms. The summed E-state index contributed by atoms with van der Waals surface area (Å²) in [7, 11) is 0. The molecular formula is C33H36ClF3N4OS2. The Kier molecular flexibility index (Phi) is 10.1. The molecule has 44 heavy (non-hydrogen) atoms. The van der Waals surface area contributed by atoms with Crippen molar-refractivity contribution in [1.82, 2.24) is 9.62 Å². The van der Waals surface area contributed by atoms with E-state index in [0.29, 0.717) is 15.9 Å². The zero-order valence-corrected chi connectivity index (χ0v) is 27.1. The average molecular weight is 661 g/mol. The summed E-state index contributed by atoms with van der Waals surface area (Å²) in [4.78, 5) is 18.0. The van der Waals surface area contributed by atoms with Crippen LogP contribution in [0.4, 0.5) is 24.5 Å². The van der Waals surface area contributed by atoms with E-state index in [2.05, 4.69) is 40.5 Å². The van der Waals surface area contributed by atoms with E-state index in [1.807, 2.05) is 24.3 Å². The van der Waals surface area contributed by atoms with Crippen LogP contribution in [0, 0.1) is 5.41 Å². The lowest BCUT2D eigenvalue weighted by molar-refractivity contribution is -0.0328. The number of benzene rings is 3. The topological polar surface area (TPSA) is 61.6 Å². The van der Waals surface area contributed by atoms with Crippen LogP contribution in [0.5, 0.6) is 0 Å². The fourth-order valence-electron chi connectivity index (χ4n) is 5.78. The molecule has 5 nitrogen and oxygen atoms in total. The van der Waals surface area contributed by atoms with Crippen molar-refractivity contribution >= 4 is 58.2 Å². The lowest BCUT2D eigenvalue weighted by Crippen LogP contribution is -2.47. The fraction of sp³-hybridized carbons (Fsp3) is 0.364. The summed E-state index contributed by atoms with van der Waals surface area (Å²) < 4.78 is 41.1. The Bertz CT molecular complexity index is 1500. The molecule has 234 valence electrons. The van der Waals surface area contributed by atoms with Gasteiger partial charge in [0.05, 0.1) is 0 Å². The second-order valence-electron chi connectivity index (χ2n) is 12.0. The zero-order valence-electron chi connectivity index (χ0n) is 24.7. The van der Waals surface area contributed by atoms with E-state index < -0.39 is 5.51 Å². The van der Waals surface area contributed by atoms with Crippen LogP contribution in [0.1, 0.15) is 49.0 Å². The number of carbonyl (C=O) groups is 1. The fourth-order valence-corrected chi connectivity index (χ4v) is 7.24. The number of halogens is 4. The lowest BCUT2D eigenvalue weighted by Gasteiger charge is -2.39. The van der Waals surface area contributed by atoms with E-state index >= 15 is 0 Å². The van der Waals surface area contributed by atoms with Gasteiger partial charge in [-0.15, -0.1) is 0 Å². The van der Waals surface area contributed by atoms with Crippen molar-refractivity contribution in [2.24, 2.45) is 5.41 Å². The van der Waals surface area contributed by atoms with Crippen LogP contribution in [-0.4, -0.2) is 49.0 Å². The quantitative estimate of drug-likeness (QED) is 0.143. The molecule has 1 fully saturated rings. The van der Waals surface area contributed by atoms with Crippen LogP contribution in [-0.2, 0) is 0 Å². The van der Waals surface area contributed by atoms with Gasteiger partial charge in [0, 0.05) is 64.5 Å². The van der Waals surface area contributed by atoms with Crippen molar-refractivity contribution in [3.8, 4) is 0 Å². The summed E-state index contributed by atoms with van der Waals surface area (Å²) in [5.41, 5.74) is 7.37. The largest absolute Gasteiger partial charge is 0.446 e. The molecule has 3 aromatic carbocycles. The van der Waals surface area contributed by atoms with Crippen molar-refractivity contribution in [1.29, 1.82) is 0 Å². The zero-order chi connectivity index (χ0) is 31.5. The maximum atomic E-state index is 12.8. The summed E-state index contributed by atoms with van der Waals surface area (Å²) >= 11 is 6.84. The molecule has 1 saturated heterocycles. The Morgan fingerprint density at radius 3 is 2.34 bits per heavy atom. The van der Waals surface area contributed by atoms with Crippen molar-refractivity contribution in [3.05, 3.63) is 88.5 Å². The number of allylic oxidation sites excluding steroid dienone is 1. The summed E-state index contributed by atoms with van der Waals surface area (Å²) in [5.74, 6) is -0.326. The first-order chi connectivity index (χ1) is 20.8. The third kappa shape index (κ3) is 8.68. The van der Waals surface area contributed by atoms with Crippen LogP contribution in [0.25, 0.3) is 5.57 Å². The minimum Gasteiger partial charge on any atom is -0.398 e. The van der Waals surface area contributed by atoms with E-state index in [9.17, 15) is 18.0 Å². The third-order valence-corrected chi connectivity index (χ3v) is 9.95. The predicted octanol–water partition coefficient (Wildman–Crippen LogP) is 8.76. The number of rotatable bonds is 8. The number of alkyl halides is 3. The standard InChI is InChI=1S/C33H36ClF3N4OS2/c1-32(2)14-13-28(22-3-7-25(34)8-4-22)24(20-32)21-40-15-17-41(18-16-40)26-9-5-23(6-10-26)31(42)39-44-27-11-12-29(38)30(19-27)43-33(35,36)37/h3-12,19H,13-18,20-21,38H2,1-2H3,(H,39,42). The summed E-state index contributed by atoms with van der Waals surface area (Å²) in [6.07, 6.45) is 3.36. The van der Waals surface area contributed by atoms with Crippen LogP contribution in [0.15, 0.2) is 82.1 Å². The predicted molar refractivity (Wildman–Crippen MR) is 177 cm³/mol. The Hall–Kier alpha value is -2.79. The molecule has 0 radical (unpaired) electrons. The summed E-state index contributed by atoms with van der Waals surface area (Å²) in [5, 5.41) is 0.759. The number of carbonyl (C=O) groups excluding carboxylic acids is 1. The molecule has 0 bridgehead atoms. The molecule has 11 heteroatoms. The minimum absolute atomic E-state index is 0.0390. The van der Waals surface area contributed by atoms with Gasteiger partial charge in [-0.3, -0.25) is 14.4 Å². The smallest absolute Gasteiger partial charge is 0.398 e. The van der Waals surface area contributed by atoms with Gasteiger partial charge in [-0.05, 0) is 114 Å². The highest BCUT2D eigenvalue weighted by atomic mass is 35.5. The van der Waals surface area contributed by atoms with Gasteiger partial charge in [-0.25, -0.2) is 0 Å². The third-order valence-electron chi connectivity index (χ3n) is 8.12. The molecule has 0 unspecified atom stereocenters. The van der Waals surface area contributed by atoms with Gasteiger partial charge in [0.1, 0.15) is 0 Å². The van der Waals surface area contributed by atoms with Crippen molar-refractivity contribution in [2.45, 2.75) is 48.4 Å². The molecule has 2 aliphatic rings. The highest BCUT2D eigenvalue weighted by Crippen LogP contribution is 2.43. The first-order valence-corrected chi connectivity index (χ1v) is 16.5. The summed E-state index contributed by atoms with van der Waals surface area (Å²) in [6, 6.07) is 20.0. The molecule has 3 aromatic rings. The Morgan fingerprint density at radius 1 is 1.00 bits per heavy atom. The van der Waals surface area contributed by atoms with E-state index in [4.69, 9.17) is 17.3 Å². The van der Waals surface area contributed by atoms with E-state index in [-0.39, 0.29) is 28.3 Å².